The molecule has 0 bridgehead atoms. The molecular formula is C17H25N4NaO5. The minimum absolute atomic E-state index is 0. The van der Waals surface area contributed by atoms with Gasteiger partial charge in [-0.1, -0.05) is 27.2 Å². The van der Waals surface area contributed by atoms with Crippen LogP contribution in [0.3, 0.4) is 0 Å². The second kappa shape index (κ2) is 11.9. The maximum atomic E-state index is 11.9. The number of carboxylic acids is 1. The van der Waals surface area contributed by atoms with Crippen molar-refractivity contribution in [3.63, 3.8) is 0 Å². The Bertz CT molecular complexity index is 662. The monoisotopic (exact) mass is 388 g/mol. The van der Waals surface area contributed by atoms with E-state index in [4.69, 9.17) is 5.11 Å². The minimum atomic E-state index is -1.15. The Morgan fingerprint density at radius 1 is 1.37 bits per heavy atom. The van der Waals surface area contributed by atoms with Gasteiger partial charge in [0.25, 0.3) is 5.91 Å². The van der Waals surface area contributed by atoms with E-state index >= 15 is 0 Å². The van der Waals surface area contributed by atoms with Crippen LogP contribution in [-0.4, -0.2) is 38.9 Å². The van der Waals surface area contributed by atoms with Crippen LogP contribution in [0.15, 0.2) is 17.5 Å². The van der Waals surface area contributed by atoms with Crippen LogP contribution in [0, 0.1) is 11.3 Å². The number of nitrogens with zero attached hydrogens (tertiary/aromatic N) is 2. The maximum Gasteiger partial charge on any atom is 1.00 e. The molecule has 1 aromatic heterocycles. The first kappa shape index (κ1) is 25.3. The summed E-state index contributed by atoms with van der Waals surface area (Å²) >= 11 is 0. The molecule has 1 aliphatic heterocycles. The first-order chi connectivity index (χ1) is 12.3. The molecule has 0 fully saturated rings. The van der Waals surface area contributed by atoms with Gasteiger partial charge in [-0.15, -0.1) is 0 Å². The van der Waals surface area contributed by atoms with Crippen molar-refractivity contribution in [1.82, 2.24) is 15.3 Å². The number of carbonyl (C=O) groups excluding carboxylic acids is 2. The van der Waals surface area contributed by atoms with Gasteiger partial charge >= 0.3 is 35.5 Å². The first-order valence-corrected chi connectivity index (χ1v) is 8.58. The van der Waals surface area contributed by atoms with E-state index in [0.29, 0.717) is 12.8 Å². The number of aliphatic carboxylic acids is 1. The van der Waals surface area contributed by atoms with Crippen molar-refractivity contribution in [2.75, 3.05) is 0 Å². The summed E-state index contributed by atoms with van der Waals surface area (Å²) in [5.74, 6) is -1.99. The molecule has 2 amide bonds. The largest absolute Gasteiger partial charge is 1.00 e. The number of amides is 2. The number of aryl methyl sites for hydroxylation is 1. The van der Waals surface area contributed by atoms with Crippen molar-refractivity contribution < 1.29 is 54.2 Å². The Kier molecular flexibility index (Phi) is 11.1. The number of nitrogens with one attached hydrogen (secondary N) is 2. The fraction of sp³-hybridized carbons (Fsp3) is 0.588. The summed E-state index contributed by atoms with van der Waals surface area (Å²) in [4.78, 5) is 43.7. The van der Waals surface area contributed by atoms with Crippen LogP contribution in [0.5, 0.6) is 0 Å². The molecule has 144 valence electrons. The van der Waals surface area contributed by atoms with E-state index in [0.717, 1.165) is 18.5 Å². The molecule has 27 heavy (non-hydrogen) atoms. The van der Waals surface area contributed by atoms with Crippen molar-refractivity contribution in [3.8, 4) is 0 Å². The van der Waals surface area contributed by atoms with Gasteiger partial charge in [-0.25, -0.2) is 9.98 Å². The molecular weight excluding hydrogens is 363 g/mol. The summed E-state index contributed by atoms with van der Waals surface area (Å²) in [5.41, 5.74) is -0.355. The minimum Gasteiger partial charge on any atom is -0.846 e. The summed E-state index contributed by atoms with van der Waals surface area (Å²) in [5, 5.41) is 21.3. The van der Waals surface area contributed by atoms with E-state index in [2.05, 4.69) is 20.3 Å². The van der Waals surface area contributed by atoms with Crippen LogP contribution in [0.4, 0.5) is 0 Å². The molecule has 2 atom stereocenters. The molecule has 2 unspecified atom stereocenters. The number of H-pyrrole nitrogens is 1. The Labute approximate surface area is 180 Å². The number of rotatable bonds is 7. The van der Waals surface area contributed by atoms with Crippen LogP contribution >= 0.6 is 0 Å². The molecule has 2 rings (SSSR count). The Morgan fingerprint density at radius 3 is 2.48 bits per heavy atom. The Morgan fingerprint density at radius 2 is 2.04 bits per heavy atom. The fourth-order valence-electron chi connectivity index (χ4n) is 2.96. The van der Waals surface area contributed by atoms with E-state index in [-0.39, 0.29) is 41.9 Å². The molecule has 3 N–H and O–H groups in total. The molecule has 0 radical (unpaired) electrons. The quantitative estimate of drug-likeness (QED) is 0.351. The smallest absolute Gasteiger partial charge is 0.846 e. The van der Waals surface area contributed by atoms with Gasteiger partial charge in [-0.05, 0) is 18.8 Å². The van der Waals surface area contributed by atoms with E-state index in [1.165, 1.54) is 6.33 Å². The number of hydrogen-bond acceptors (Lipinski definition) is 5. The van der Waals surface area contributed by atoms with Crippen LogP contribution in [0.25, 0.3) is 0 Å². The molecule has 2 heterocycles. The second-order valence-electron chi connectivity index (χ2n) is 6.15. The van der Waals surface area contributed by atoms with Crippen molar-refractivity contribution in [2.45, 2.75) is 52.9 Å². The third-order valence-electron chi connectivity index (χ3n) is 4.48. The summed E-state index contributed by atoms with van der Waals surface area (Å²) in [6.45, 7) is 5.62. The van der Waals surface area contributed by atoms with Gasteiger partial charge in [-0.2, -0.15) is 0 Å². The number of carboxylic acid groups (broad SMARTS) is 1. The molecule has 0 saturated carbocycles. The predicted octanol–water partition coefficient (Wildman–Crippen LogP) is -2.38. The number of aromatic amines is 1. The SMILES string of the molecule is CCCC(C)C1(CC)C(=O)N=C([O-])NC1=O.O=C(O)CCc1c[nH]cn1.[Na+]. The van der Waals surface area contributed by atoms with E-state index < -0.39 is 29.2 Å². The van der Waals surface area contributed by atoms with E-state index in [9.17, 15) is 19.5 Å². The topological polar surface area (TPSA) is 148 Å². The Hall–Kier alpha value is -1.71. The summed E-state index contributed by atoms with van der Waals surface area (Å²) in [7, 11) is 0. The number of aromatic nitrogens is 2. The molecule has 9 nitrogen and oxygen atoms in total. The van der Waals surface area contributed by atoms with Gasteiger partial charge in [0.05, 0.1) is 24.5 Å². The average molecular weight is 388 g/mol. The second-order valence-corrected chi connectivity index (χ2v) is 6.15. The van der Waals surface area contributed by atoms with Crippen LogP contribution in [-0.2, 0) is 20.8 Å². The normalized spacial score (nSPS) is 19.7. The van der Waals surface area contributed by atoms with E-state index in [1.54, 1.807) is 13.1 Å². The van der Waals surface area contributed by atoms with Crippen LogP contribution in [0.1, 0.15) is 52.1 Å². The molecule has 0 spiro atoms. The zero-order valence-corrected chi connectivity index (χ0v) is 18.2. The zero-order chi connectivity index (χ0) is 19.7. The standard InChI is InChI=1S/C11H18N2O3.C6H8N2O2.Na/c1-4-6-7(3)11(5-2)8(14)12-10(16)13-9(11)15;9-6(10)2-1-5-3-7-4-8-5;/h7H,4-6H2,1-3H3,(H2,12,13,14,15,16);3-4H,1-2H2,(H,7,8)(H,9,10);/q;;+1/p-1. The number of carbonyl (C=O) groups is 3. The van der Waals surface area contributed by atoms with Crippen molar-refractivity contribution in [3.05, 3.63) is 18.2 Å². The summed E-state index contributed by atoms with van der Waals surface area (Å²) < 4.78 is 0. The zero-order valence-electron chi connectivity index (χ0n) is 16.2. The van der Waals surface area contributed by atoms with Crippen LogP contribution in [0.2, 0.25) is 0 Å². The summed E-state index contributed by atoms with van der Waals surface area (Å²) in [6.07, 6.45) is 5.90. The van der Waals surface area contributed by atoms with Gasteiger partial charge in [0.1, 0.15) is 5.41 Å². The summed E-state index contributed by atoms with van der Waals surface area (Å²) in [6, 6.07) is -0.845. The third-order valence-corrected chi connectivity index (χ3v) is 4.48. The van der Waals surface area contributed by atoms with Crippen LogP contribution < -0.4 is 40.0 Å². The van der Waals surface area contributed by atoms with Gasteiger partial charge in [0, 0.05) is 12.6 Å². The van der Waals surface area contributed by atoms with Crippen molar-refractivity contribution in [2.24, 2.45) is 16.3 Å². The molecule has 1 aromatic rings. The van der Waals surface area contributed by atoms with Gasteiger partial charge in [0.15, 0.2) is 0 Å². The van der Waals surface area contributed by atoms with Gasteiger partial charge in [0.2, 0.25) is 5.91 Å². The van der Waals surface area contributed by atoms with Gasteiger partial charge in [-0.3, -0.25) is 14.4 Å². The molecule has 0 aliphatic carbocycles. The fourth-order valence-corrected chi connectivity index (χ4v) is 2.96. The van der Waals surface area contributed by atoms with Gasteiger partial charge < -0.3 is 20.5 Å². The number of hydrogen-bond donors (Lipinski definition) is 3. The predicted molar refractivity (Wildman–Crippen MR) is 91.9 cm³/mol. The average Bonchev–Trinajstić information content (AvgIpc) is 3.07. The molecule has 0 aromatic carbocycles. The Balaban J connectivity index is 0.000000531. The maximum absolute atomic E-state index is 11.9. The molecule has 10 heteroatoms. The first-order valence-electron chi connectivity index (χ1n) is 8.58. The van der Waals surface area contributed by atoms with Crippen molar-refractivity contribution >= 4 is 23.8 Å². The van der Waals surface area contributed by atoms with E-state index in [1.807, 2.05) is 13.8 Å². The number of imidazole rings is 1. The molecule has 0 saturated heterocycles. The molecule has 1 aliphatic rings. The number of amidine groups is 1. The van der Waals surface area contributed by atoms with Crippen molar-refractivity contribution in [1.29, 1.82) is 0 Å². The third kappa shape index (κ3) is 6.75. The number of aliphatic imine (C=N–C) groups is 1.